The van der Waals surface area contributed by atoms with Gasteiger partial charge in [0.2, 0.25) is 5.89 Å². The second-order valence-electron chi connectivity index (χ2n) is 4.64. The SMILES string of the molecule is CCNCc1cn(Cc2nc(C3CC3)no2)cn1. The summed E-state index contributed by atoms with van der Waals surface area (Å²) in [5.74, 6) is 2.05. The summed E-state index contributed by atoms with van der Waals surface area (Å²) >= 11 is 0. The third-order valence-corrected chi connectivity index (χ3v) is 2.99. The molecular formula is C12H17N5O. The Hall–Kier alpha value is -1.69. The van der Waals surface area contributed by atoms with Crippen molar-refractivity contribution >= 4 is 0 Å². The zero-order chi connectivity index (χ0) is 12.4. The lowest BCUT2D eigenvalue weighted by Gasteiger charge is -1.96. The van der Waals surface area contributed by atoms with E-state index in [0.717, 1.165) is 24.6 Å². The van der Waals surface area contributed by atoms with Gasteiger partial charge in [-0.1, -0.05) is 12.1 Å². The fourth-order valence-corrected chi connectivity index (χ4v) is 1.83. The Morgan fingerprint density at radius 3 is 3.17 bits per heavy atom. The van der Waals surface area contributed by atoms with Crippen molar-refractivity contribution in [2.75, 3.05) is 6.54 Å². The first-order chi connectivity index (χ1) is 8.85. The zero-order valence-electron chi connectivity index (χ0n) is 10.5. The number of nitrogens with one attached hydrogen (secondary N) is 1. The van der Waals surface area contributed by atoms with Crippen molar-refractivity contribution in [3.8, 4) is 0 Å². The Balaban J connectivity index is 1.62. The predicted molar refractivity (Wildman–Crippen MR) is 65.0 cm³/mol. The molecule has 96 valence electrons. The van der Waals surface area contributed by atoms with Crippen LogP contribution >= 0.6 is 0 Å². The Bertz CT molecular complexity index is 514. The summed E-state index contributed by atoms with van der Waals surface area (Å²) in [6.45, 7) is 4.41. The third kappa shape index (κ3) is 2.59. The van der Waals surface area contributed by atoms with E-state index in [1.54, 1.807) is 6.33 Å². The van der Waals surface area contributed by atoms with Crippen LogP contribution in [0.2, 0.25) is 0 Å². The van der Waals surface area contributed by atoms with E-state index in [0.29, 0.717) is 18.4 Å². The van der Waals surface area contributed by atoms with Crippen LogP contribution in [0.15, 0.2) is 17.0 Å². The largest absolute Gasteiger partial charge is 0.337 e. The second-order valence-corrected chi connectivity index (χ2v) is 4.64. The van der Waals surface area contributed by atoms with Gasteiger partial charge in [-0.05, 0) is 19.4 Å². The van der Waals surface area contributed by atoms with E-state index in [4.69, 9.17) is 4.52 Å². The highest BCUT2D eigenvalue weighted by molar-refractivity contribution is 5.04. The summed E-state index contributed by atoms with van der Waals surface area (Å²) in [6, 6.07) is 0. The molecule has 0 aliphatic heterocycles. The molecule has 1 fully saturated rings. The first-order valence-electron chi connectivity index (χ1n) is 6.39. The van der Waals surface area contributed by atoms with E-state index in [-0.39, 0.29) is 0 Å². The van der Waals surface area contributed by atoms with Gasteiger partial charge in [-0.15, -0.1) is 0 Å². The molecule has 3 rings (SSSR count). The van der Waals surface area contributed by atoms with E-state index in [1.807, 2.05) is 10.8 Å². The number of rotatable bonds is 6. The average molecular weight is 247 g/mol. The fourth-order valence-electron chi connectivity index (χ4n) is 1.83. The van der Waals surface area contributed by atoms with Crippen molar-refractivity contribution in [3.63, 3.8) is 0 Å². The molecule has 18 heavy (non-hydrogen) atoms. The number of hydrogen-bond acceptors (Lipinski definition) is 5. The molecule has 0 unspecified atom stereocenters. The van der Waals surface area contributed by atoms with Crippen LogP contribution in [0.25, 0.3) is 0 Å². The first-order valence-corrected chi connectivity index (χ1v) is 6.39. The second kappa shape index (κ2) is 4.89. The molecule has 2 aromatic heterocycles. The van der Waals surface area contributed by atoms with Gasteiger partial charge < -0.3 is 14.4 Å². The van der Waals surface area contributed by atoms with Crippen LogP contribution in [-0.4, -0.2) is 26.2 Å². The first kappa shape index (κ1) is 11.4. The van der Waals surface area contributed by atoms with E-state index in [2.05, 4.69) is 27.4 Å². The molecule has 1 aliphatic carbocycles. The number of imidazole rings is 1. The topological polar surface area (TPSA) is 68.8 Å². The van der Waals surface area contributed by atoms with Crippen molar-refractivity contribution in [1.82, 2.24) is 25.0 Å². The lowest BCUT2D eigenvalue weighted by molar-refractivity contribution is 0.366. The van der Waals surface area contributed by atoms with Gasteiger partial charge in [0.1, 0.15) is 6.54 Å². The van der Waals surface area contributed by atoms with Gasteiger partial charge in [0.05, 0.1) is 12.0 Å². The molecule has 0 bridgehead atoms. The number of nitrogens with zero attached hydrogens (tertiary/aromatic N) is 4. The lowest BCUT2D eigenvalue weighted by atomic mass is 10.4. The highest BCUT2D eigenvalue weighted by Gasteiger charge is 2.28. The maximum Gasteiger partial charge on any atom is 0.246 e. The highest BCUT2D eigenvalue weighted by Crippen LogP contribution is 2.38. The molecule has 1 aliphatic rings. The average Bonchev–Trinajstić information content (AvgIpc) is 2.96. The molecule has 0 amide bonds. The molecule has 2 aromatic rings. The summed E-state index contributed by atoms with van der Waals surface area (Å²) in [4.78, 5) is 8.71. The van der Waals surface area contributed by atoms with Crippen molar-refractivity contribution in [2.24, 2.45) is 0 Å². The molecular weight excluding hydrogens is 230 g/mol. The standard InChI is InChI=1S/C12H17N5O/c1-2-13-5-10-6-17(8-14-10)7-11-15-12(16-18-11)9-3-4-9/h6,8-9,13H,2-5,7H2,1H3. The van der Waals surface area contributed by atoms with E-state index < -0.39 is 0 Å². The minimum Gasteiger partial charge on any atom is -0.337 e. The summed E-state index contributed by atoms with van der Waals surface area (Å²) in [5.41, 5.74) is 1.03. The Morgan fingerprint density at radius 2 is 2.39 bits per heavy atom. The maximum absolute atomic E-state index is 5.23. The minimum absolute atomic E-state index is 0.537. The predicted octanol–water partition coefficient (Wildman–Crippen LogP) is 1.30. The maximum atomic E-state index is 5.23. The van der Waals surface area contributed by atoms with Crippen LogP contribution in [0.5, 0.6) is 0 Å². The van der Waals surface area contributed by atoms with Gasteiger partial charge >= 0.3 is 0 Å². The van der Waals surface area contributed by atoms with Crippen molar-refractivity contribution in [1.29, 1.82) is 0 Å². The summed E-state index contributed by atoms with van der Waals surface area (Å²) in [7, 11) is 0. The summed E-state index contributed by atoms with van der Waals surface area (Å²) in [5, 5.41) is 7.24. The smallest absolute Gasteiger partial charge is 0.246 e. The molecule has 0 saturated heterocycles. The van der Waals surface area contributed by atoms with E-state index >= 15 is 0 Å². The summed E-state index contributed by atoms with van der Waals surface area (Å²) in [6.07, 6.45) is 6.19. The van der Waals surface area contributed by atoms with Crippen LogP contribution in [0.1, 0.15) is 43.1 Å². The molecule has 6 heteroatoms. The molecule has 1 saturated carbocycles. The Labute approximate surface area is 105 Å². The van der Waals surface area contributed by atoms with Crippen LogP contribution in [0, 0.1) is 0 Å². The molecule has 6 nitrogen and oxygen atoms in total. The molecule has 2 heterocycles. The van der Waals surface area contributed by atoms with Gasteiger partial charge in [-0.2, -0.15) is 4.98 Å². The third-order valence-electron chi connectivity index (χ3n) is 2.99. The molecule has 0 spiro atoms. The molecule has 0 atom stereocenters. The van der Waals surface area contributed by atoms with Gasteiger partial charge in [0.15, 0.2) is 5.82 Å². The van der Waals surface area contributed by atoms with Crippen molar-refractivity contribution < 1.29 is 4.52 Å². The van der Waals surface area contributed by atoms with Gasteiger partial charge in [0.25, 0.3) is 0 Å². The van der Waals surface area contributed by atoms with Crippen LogP contribution in [0.4, 0.5) is 0 Å². The lowest BCUT2D eigenvalue weighted by Crippen LogP contribution is -2.11. The Kier molecular flexibility index (Phi) is 3.10. The van der Waals surface area contributed by atoms with E-state index in [9.17, 15) is 0 Å². The molecule has 0 aromatic carbocycles. The fraction of sp³-hybridized carbons (Fsp3) is 0.583. The monoisotopic (exact) mass is 247 g/mol. The van der Waals surface area contributed by atoms with Gasteiger partial charge in [-0.25, -0.2) is 4.98 Å². The van der Waals surface area contributed by atoms with Crippen LogP contribution < -0.4 is 5.32 Å². The zero-order valence-corrected chi connectivity index (χ0v) is 10.5. The highest BCUT2D eigenvalue weighted by atomic mass is 16.5. The Morgan fingerprint density at radius 1 is 1.50 bits per heavy atom. The van der Waals surface area contributed by atoms with Crippen LogP contribution in [-0.2, 0) is 13.1 Å². The van der Waals surface area contributed by atoms with Crippen molar-refractivity contribution in [2.45, 2.75) is 38.8 Å². The number of hydrogen-bond donors (Lipinski definition) is 1. The molecule has 1 N–H and O–H groups in total. The van der Waals surface area contributed by atoms with Crippen LogP contribution in [0.3, 0.4) is 0 Å². The van der Waals surface area contributed by atoms with Crippen molar-refractivity contribution in [3.05, 3.63) is 29.9 Å². The molecule has 0 radical (unpaired) electrons. The quantitative estimate of drug-likeness (QED) is 0.833. The van der Waals surface area contributed by atoms with Gasteiger partial charge in [0, 0.05) is 18.7 Å². The van der Waals surface area contributed by atoms with Gasteiger partial charge in [-0.3, -0.25) is 0 Å². The van der Waals surface area contributed by atoms with E-state index in [1.165, 1.54) is 12.8 Å². The minimum atomic E-state index is 0.537. The summed E-state index contributed by atoms with van der Waals surface area (Å²) < 4.78 is 7.20. The number of aromatic nitrogens is 4. The normalized spacial score (nSPS) is 15.2.